The molecule has 2 aromatic rings. The van der Waals surface area contributed by atoms with Crippen molar-refractivity contribution in [1.29, 1.82) is 0 Å². The normalized spacial score (nSPS) is 13.1. The van der Waals surface area contributed by atoms with Gasteiger partial charge in [-0.2, -0.15) is 0 Å². The molecular formula is C40H66O3. The van der Waals surface area contributed by atoms with Gasteiger partial charge in [0.1, 0.15) is 11.9 Å². The first-order valence-corrected chi connectivity index (χ1v) is 16.1. The predicted octanol–water partition coefficient (Wildman–Crippen LogP) is 11.7. The Balaban J connectivity index is 0. The van der Waals surface area contributed by atoms with Crippen molar-refractivity contribution in [2.75, 3.05) is 13.7 Å². The number of carbonyl (C=O) groups excluding carboxylic acids is 1. The summed E-state index contributed by atoms with van der Waals surface area (Å²) in [6.45, 7) is 32.5. The summed E-state index contributed by atoms with van der Waals surface area (Å²) >= 11 is 0. The van der Waals surface area contributed by atoms with Crippen LogP contribution in [0.15, 0.2) is 72.3 Å². The quantitative estimate of drug-likeness (QED) is 0.214. The smallest absolute Gasteiger partial charge is 0.191 e. The molecule has 0 saturated heterocycles. The molecule has 43 heavy (non-hydrogen) atoms. The summed E-state index contributed by atoms with van der Waals surface area (Å²) < 4.78 is 11.0. The molecule has 0 radical (unpaired) electrons. The summed E-state index contributed by atoms with van der Waals surface area (Å²) in [5.41, 5.74) is 5.15. The molecule has 0 aliphatic carbocycles. The van der Waals surface area contributed by atoms with E-state index in [0.29, 0.717) is 23.5 Å². The van der Waals surface area contributed by atoms with Crippen LogP contribution in [0.4, 0.5) is 0 Å². The molecule has 3 nitrogen and oxygen atoms in total. The maximum absolute atomic E-state index is 12.5. The first kappa shape index (κ1) is 42.5. The Labute approximate surface area is 267 Å². The minimum atomic E-state index is -0.455. The van der Waals surface area contributed by atoms with Crippen molar-refractivity contribution in [3.8, 4) is 5.75 Å². The summed E-state index contributed by atoms with van der Waals surface area (Å²) in [4.78, 5) is 12.5. The number of ether oxygens (including phenoxy) is 2. The van der Waals surface area contributed by atoms with Gasteiger partial charge in [0.15, 0.2) is 5.78 Å². The van der Waals surface area contributed by atoms with Crippen LogP contribution in [0.5, 0.6) is 5.75 Å². The highest BCUT2D eigenvalue weighted by Gasteiger charge is 2.18. The Bertz CT molecular complexity index is 1040. The van der Waals surface area contributed by atoms with E-state index in [1.54, 1.807) is 31.4 Å². The first-order valence-electron chi connectivity index (χ1n) is 16.1. The lowest BCUT2D eigenvalue weighted by molar-refractivity contribution is 0.0365. The van der Waals surface area contributed by atoms with E-state index in [-0.39, 0.29) is 11.2 Å². The molecule has 0 bridgehead atoms. The van der Waals surface area contributed by atoms with Gasteiger partial charge < -0.3 is 9.47 Å². The van der Waals surface area contributed by atoms with Crippen molar-refractivity contribution in [3.63, 3.8) is 0 Å². The minimum Gasteiger partial charge on any atom is -0.497 e. The van der Waals surface area contributed by atoms with Gasteiger partial charge in [-0.15, -0.1) is 0 Å². The number of ketones is 1. The van der Waals surface area contributed by atoms with E-state index in [1.807, 2.05) is 20.8 Å². The second-order valence-electron chi connectivity index (χ2n) is 13.6. The van der Waals surface area contributed by atoms with Gasteiger partial charge in [-0.3, -0.25) is 4.79 Å². The zero-order valence-electron chi connectivity index (χ0n) is 30.7. The van der Waals surface area contributed by atoms with Gasteiger partial charge in [0.2, 0.25) is 0 Å². The second-order valence-corrected chi connectivity index (χ2v) is 13.6. The van der Waals surface area contributed by atoms with E-state index in [4.69, 9.17) is 9.47 Å². The highest BCUT2D eigenvalue weighted by atomic mass is 16.5. The molecule has 3 heteroatoms. The van der Waals surface area contributed by atoms with Crippen LogP contribution in [-0.4, -0.2) is 25.6 Å². The predicted molar refractivity (Wildman–Crippen MR) is 191 cm³/mol. The molecule has 0 spiro atoms. The van der Waals surface area contributed by atoms with Gasteiger partial charge in [0, 0.05) is 5.56 Å². The topological polar surface area (TPSA) is 35.5 Å². The summed E-state index contributed by atoms with van der Waals surface area (Å²) in [5, 5.41) is 0. The molecule has 0 aliphatic rings. The number of allylic oxidation sites excluding steroid dienone is 4. The highest BCUT2D eigenvalue weighted by molar-refractivity contribution is 5.99. The van der Waals surface area contributed by atoms with Gasteiger partial charge in [-0.1, -0.05) is 126 Å². The number of carbonyl (C=O) groups is 1. The van der Waals surface area contributed by atoms with E-state index >= 15 is 0 Å². The summed E-state index contributed by atoms with van der Waals surface area (Å²) in [6.07, 6.45) is 6.90. The van der Waals surface area contributed by atoms with Crippen LogP contribution in [0, 0.1) is 17.3 Å². The van der Waals surface area contributed by atoms with Crippen LogP contribution >= 0.6 is 0 Å². The van der Waals surface area contributed by atoms with Crippen molar-refractivity contribution >= 4 is 5.78 Å². The van der Waals surface area contributed by atoms with E-state index in [2.05, 4.69) is 126 Å². The fraction of sp³-hybridized carbons (Fsp3) is 0.575. The van der Waals surface area contributed by atoms with Crippen LogP contribution in [0.2, 0.25) is 0 Å². The Morgan fingerprint density at radius 2 is 1.30 bits per heavy atom. The van der Waals surface area contributed by atoms with Gasteiger partial charge in [-0.05, 0) is 90.8 Å². The number of hydrogen-bond donors (Lipinski definition) is 0. The Morgan fingerprint density at radius 1 is 0.814 bits per heavy atom. The molecule has 0 saturated carbocycles. The van der Waals surface area contributed by atoms with Gasteiger partial charge in [0.05, 0.1) is 13.7 Å². The third-order valence-electron chi connectivity index (χ3n) is 6.30. The molecule has 0 aliphatic heterocycles. The largest absolute Gasteiger partial charge is 0.497 e. The van der Waals surface area contributed by atoms with E-state index in [1.165, 1.54) is 16.7 Å². The van der Waals surface area contributed by atoms with Crippen LogP contribution in [0.1, 0.15) is 125 Å². The number of Topliss-reactive ketones (excluding diaryl/α,β-unsaturated/α-hetero) is 1. The monoisotopic (exact) mass is 595 g/mol. The molecule has 2 unspecified atom stereocenters. The van der Waals surface area contributed by atoms with Crippen LogP contribution in [0.3, 0.4) is 0 Å². The molecule has 2 aromatic carbocycles. The van der Waals surface area contributed by atoms with Crippen molar-refractivity contribution < 1.29 is 14.3 Å². The van der Waals surface area contributed by atoms with Crippen LogP contribution < -0.4 is 4.74 Å². The summed E-state index contributed by atoms with van der Waals surface area (Å²) in [5.74, 6) is 1.92. The summed E-state index contributed by atoms with van der Waals surface area (Å²) in [6, 6.07) is 16.0. The van der Waals surface area contributed by atoms with Crippen LogP contribution in [-0.2, 0) is 16.6 Å². The maximum atomic E-state index is 12.5. The Morgan fingerprint density at radius 3 is 1.65 bits per heavy atom. The molecule has 244 valence electrons. The highest BCUT2D eigenvalue weighted by Crippen LogP contribution is 2.26. The van der Waals surface area contributed by atoms with Gasteiger partial charge in [0.25, 0.3) is 0 Å². The number of benzene rings is 2. The first-order chi connectivity index (χ1) is 20.0. The fourth-order valence-corrected chi connectivity index (χ4v) is 3.94. The fourth-order valence-electron chi connectivity index (χ4n) is 3.94. The lowest BCUT2D eigenvalue weighted by Crippen LogP contribution is -2.24. The molecule has 2 atom stereocenters. The lowest BCUT2D eigenvalue weighted by Gasteiger charge is -2.20. The lowest BCUT2D eigenvalue weighted by atomic mass is 9.86. The van der Waals surface area contributed by atoms with E-state index in [9.17, 15) is 4.79 Å². The minimum absolute atomic E-state index is 0.000571. The van der Waals surface area contributed by atoms with E-state index in [0.717, 1.165) is 18.1 Å². The standard InChI is InChI=1S/C24H32O3.C10H18.C4H10.C2H6/c1-17(15-19-7-11-21(12-8-19)24(3,4)5)16-27-18(2)23(25)20-9-13-22(26-6)14-10-20;1-6-8-9(7-2)10(3,4)5;1-4(2)3;1-2/h7-14,17-18H,15-16H2,1-6H3;6-8H,1-5H3;4H,1-3H3;1-2H3/b;8-6-,9-7+;;. The molecular weight excluding hydrogens is 528 g/mol. The van der Waals surface area contributed by atoms with E-state index < -0.39 is 6.10 Å². The molecule has 2 rings (SSSR count). The SMILES string of the molecule is C/C=C\C(=C/C)C(C)(C)C.CC.CC(C)C.COc1ccc(C(=O)C(C)OCC(C)Cc2ccc(C(C)(C)C)cc2)cc1. The number of hydrogen-bond acceptors (Lipinski definition) is 3. The van der Waals surface area contributed by atoms with Crippen molar-refractivity contribution in [2.45, 2.75) is 122 Å². The maximum Gasteiger partial charge on any atom is 0.191 e. The average molecular weight is 595 g/mol. The molecule has 0 amide bonds. The third kappa shape index (κ3) is 19.3. The summed E-state index contributed by atoms with van der Waals surface area (Å²) in [7, 11) is 1.61. The molecule has 0 N–H and O–H groups in total. The van der Waals surface area contributed by atoms with Crippen LogP contribution in [0.25, 0.3) is 0 Å². The zero-order chi connectivity index (χ0) is 33.8. The van der Waals surface area contributed by atoms with Gasteiger partial charge in [-0.25, -0.2) is 0 Å². The Hall–Kier alpha value is -2.65. The van der Waals surface area contributed by atoms with Gasteiger partial charge >= 0.3 is 0 Å². The zero-order valence-corrected chi connectivity index (χ0v) is 30.7. The Kier molecular flexibility index (Phi) is 21.7. The second kappa shape index (κ2) is 21.9. The number of rotatable bonds is 9. The van der Waals surface area contributed by atoms with Crippen molar-refractivity contribution in [1.82, 2.24) is 0 Å². The number of methoxy groups -OCH3 is 1. The average Bonchev–Trinajstić information content (AvgIpc) is 2.94. The molecule has 0 fully saturated rings. The third-order valence-corrected chi connectivity index (χ3v) is 6.30. The molecule has 0 aromatic heterocycles. The van der Waals surface area contributed by atoms with Crippen molar-refractivity contribution in [3.05, 3.63) is 89.0 Å². The van der Waals surface area contributed by atoms with Crippen molar-refractivity contribution in [2.24, 2.45) is 17.3 Å². The molecule has 0 heterocycles.